The number of nitrogens with one attached hydrogen (secondary N) is 1. The molecule has 2 aromatic rings. The highest BCUT2D eigenvalue weighted by atomic mass is 16.5. The van der Waals surface area contributed by atoms with Gasteiger partial charge in [0.2, 0.25) is 0 Å². The van der Waals surface area contributed by atoms with Gasteiger partial charge in [-0.2, -0.15) is 0 Å². The third-order valence-electron chi connectivity index (χ3n) is 6.02. The first-order chi connectivity index (χ1) is 11.6. The fourth-order valence-electron chi connectivity index (χ4n) is 4.38. The second-order valence-corrected chi connectivity index (χ2v) is 7.35. The second kappa shape index (κ2) is 6.25. The molecule has 0 spiro atoms. The number of rotatable bonds is 2. The van der Waals surface area contributed by atoms with Gasteiger partial charge in [-0.05, 0) is 56.6 Å². The Morgan fingerprint density at radius 1 is 1.17 bits per heavy atom. The number of fused-ring (bicyclic) bond motifs is 1. The van der Waals surface area contributed by atoms with Crippen molar-refractivity contribution in [1.82, 2.24) is 9.88 Å². The maximum atomic E-state index is 13.1. The smallest absolute Gasteiger partial charge is 0.255 e. The number of ether oxygens (including phenoxy) is 1. The summed E-state index contributed by atoms with van der Waals surface area (Å²) in [7, 11) is 0. The lowest BCUT2D eigenvalue weighted by Crippen LogP contribution is -2.31. The molecule has 1 amide bonds. The Labute approximate surface area is 143 Å². The van der Waals surface area contributed by atoms with E-state index in [0.717, 1.165) is 68.3 Å². The summed E-state index contributed by atoms with van der Waals surface area (Å²) in [5, 5.41) is 1.17. The van der Waals surface area contributed by atoms with E-state index in [4.69, 9.17) is 4.74 Å². The SMILES string of the molecule is Cc1[nH]c2c(C(=O)N3CCC(C4CCOCC4)C3)cccc2c1C. The number of nitrogens with zero attached hydrogens (tertiary/aromatic N) is 1. The van der Waals surface area contributed by atoms with Crippen molar-refractivity contribution in [3.05, 3.63) is 35.0 Å². The Morgan fingerprint density at radius 3 is 2.75 bits per heavy atom. The average molecular weight is 326 g/mol. The van der Waals surface area contributed by atoms with E-state index in [9.17, 15) is 4.79 Å². The molecular formula is C20H26N2O2. The van der Waals surface area contributed by atoms with Gasteiger partial charge in [0, 0.05) is 37.4 Å². The molecule has 2 saturated heterocycles. The maximum Gasteiger partial charge on any atom is 0.255 e. The van der Waals surface area contributed by atoms with Crippen LogP contribution in [0.1, 0.15) is 40.9 Å². The molecule has 128 valence electrons. The fraction of sp³-hybridized carbons (Fsp3) is 0.550. The van der Waals surface area contributed by atoms with E-state index in [-0.39, 0.29) is 5.91 Å². The molecule has 0 saturated carbocycles. The zero-order chi connectivity index (χ0) is 16.7. The molecule has 2 fully saturated rings. The Balaban J connectivity index is 1.55. The van der Waals surface area contributed by atoms with Crippen LogP contribution in [0.5, 0.6) is 0 Å². The number of hydrogen-bond acceptors (Lipinski definition) is 2. The van der Waals surface area contributed by atoms with Crippen molar-refractivity contribution >= 4 is 16.8 Å². The van der Waals surface area contributed by atoms with Gasteiger partial charge in [-0.1, -0.05) is 12.1 Å². The number of para-hydroxylation sites is 1. The molecule has 4 heteroatoms. The molecule has 1 aromatic heterocycles. The highest BCUT2D eigenvalue weighted by Crippen LogP contribution is 2.32. The minimum atomic E-state index is 0.177. The molecule has 3 heterocycles. The fourth-order valence-corrected chi connectivity index (χ4v) is 4.38. The van der Waals surface area contributed by atoms with Crippen molar-refractivity contribution in [3.63, 3.8) is 0 Å². The van der Waals surface area contributed by atoms with Crippen LogP contribution in [0.15, 0.2) is 18.2 Å². The van der Waals surface area contributed by atoms with Gasteiger partial charge in [-0.25, -0.2) is 0 Å². The Morgan fingerprint density at radius 2 is 1.96 bits per heavy atom. The Kier molecular flexibility index (Phi) is 4.09. The molecule has 4 rings (SSSR count). The summed E-state index contributed by atoms with van der Waals surface area (Å²) >= 11 is 0. The predicted molar refractivity (Wildman–Crippen MR) is 95.3 cm³/mol. The first-order valence-electron chi connectivity index (χ1n) is 9.10. The number of aryl methyl sites for hydroxylation is 2. The standard InChI is InChI=1S/C20H26N2O2/c1-13-14(2)21-19-17(13)4-3-5-18(19)20(23)22-9-6-16(12-22)15-7-10-24-11-8-15/h3-5,15-16,21H,6-12H2,1-2H3. The van der Waals surface area contributed by atoms with Gasteiger partial charge < -0.3 is 14.6 Å². The molecule has 2 aliphatic heterocycles. The summed E-state index contributed by atoms with van der Waals surface area (Å²) in [6, 6.07) is 6.06. The number of aromatic amines is 1. The normalized spacial score (nSPS) is 22.4. The predicted octanol–water partition coefficient (Wildman–Crippen LogP) is 3.67. The number of benzene rings is 1. The third-order valence-corrected chi connectivity index (χ3v) is 6.02. The van der Waals surface area contributed by atoms with Gasteiger partial charge in [0.1, 0.15) is 0 Å². The van der Waals surface area contributed by atoms with Crippen LogP contribution in [-0.2, 0) is 4.74 Å². The first kappa shape index (κ1) is 15.7. The van der Waals surface area contributed by atoms with Crippen LogP contribution in [0.4, 0.5) is 0 Å². The van der Waals surface area contributed by atoms with E-state index >= 15 is 0 Å². The van der Waals surface area contributed by atoms with Gasteiger partial charge >= 0.3 is 0 Å². The summed E-state index contributed by atoms with van der Waals surface area (Å²) in [6.07, 6.45) is 3.43. The lowest BCUT2D eigenvalue weighted by Gasteiger charge is -2.27. The van der Waals surface area contributed by atoms with Gasteiger partial charge in [-0.15, -0.1) is 0 Å². The molecule has 0 aliphatic carbocycles. The molecule has 0 radical (unpaired) electrons. The maximum absolute atomic E-state index is 13.1. The lowest BCUT2D eigenvalue weighted by molar-refractivity contribution is 0.0471. The zero-order valence-corrected chi connectivity index (χ0v) is 14.6. The first-order valence-corrected chi connectivity index (χ1v) is 9.10. The van der Waals surface area contributed by atoms with Gasteiger partial charge in [0.15, 0.2) is 0 Å². The van der Waals surface area contributed by atoms with Crippen molar-refractivity contribution in [2.45, 2.75) is 33.1 Å². The zero-order valence-electron chi connectivity index (χ0n) is 14.6. The van der Waals surface area contributed by atoms with Crippen LogP contribution in [0, 0.1) is 25.7 Å². The minimum absolute atomic E-state index is 0.177. The molecule has 0 bridgehead atoms. The van der Waals surface area contributed by atoms with Crippen LogP contribution >= 0.6 is 0 Å². The largest absolute Gasteiger partial charge is 0.381 e. The summed E-state index contributed by atoms with van der Waals surface area (Å²) in [5.74, 6) is 1.54. The average Bonchev–Trinajstić information content (AvgIpc) is 3.21. The molecular weight excluding hydrogens is 300 g/mol. The number of likely N-dealkylation sites (tertiary alicyclic amines) is 1. The molecule has 1 N–H and O–H groups in total. The lowest BCUT2D eigenvalue weighted by atomic mass is 9.85. The summed E-state index contributed by atoms with van der Waals surface area (Å²) < 4.78 is 5.48. The van der Waals surface area contributed by atoms with Gasteiger partial charge in [0.05, 0.1) is 11.1 Å². The van der Waals surface area contributed by atoms with Crippen LogP contribution < -0.4 is 0 Å². The number of amides is 1. The van der Waals surface area contributed by atoms with Gasteiger partial charge in [0.25, 0.3) is 5.91 Å². The number of carbonyl (C=O) groups excluding carboxylic acids is 1. The summed E-state index contributed by atoms with van der Waals surface area (Å²) in [6.45, 7) is 7.74. The van der Waals surface area contributed by atoms with E-state index in [0.29, 0.717) is 5.92 Å². The molecule has 2 aliphatic rings. The second-order valence-electron chi connectivity index (χ2n) is 7.35. The quantitative estimate of drug-likeness (QED) is 0.915. The van der Waals surface area contributed by atoms with Crippen molar-refractivity contribution in [2.24, 2.45) is 11.8 Å². The molecule has 1 atom stereocenters. The number of hydrogen-bond donors (Lipinski definition) is 1. The summed E-state index contributed by atoms with van der Waals surface area (Å²) in [5.41, 5.74) is 4.19. The monoisotopic (exact) mass is 326 g/mol. The Bertz CT molecular complexity index is 758. The van der Waals surface area contributed by atoms with Crippen molar-refractivity contribution in [1.29, 1.82) is 0 Å². The van der Waals surface area contributed by atoms with Crippen LogP contribution in [0.2, 0.25) is 0 Å². The van der Waals surface area contributed by atoms with E-state index < -0.39 is 0 Å². The van der Waals surface area contributed by atoms with E-state index in [1.165, 1.54) is 10.9 Å². The molecule has 1 aromatic carbocycles. The molecule has 24 heavy (non-hydrogen) atoms. The van der Waals surface area contributed by atoms with Crippen LogP contribution in [0.25, 0.3) is 10.9 Å². The minimum Gasteiger partial charge on any atom is -0.381 e. The third kappa shape index (κ3) is 2.63. The van der Waals surface area contributed by atoms with Crippen molar-refractivity contribution in [2.75, 3.05) is 26.3 Å². The number of H-pyrrole nitrogens is 1. The van der Waals surface area contributed by atoms with Gasteiger partial charge in [-0.3, -0.25) is 4.79 Å². The van der Waals surface area contributed by atoms with Crippen LogP contribution in [0.3, 0.4) is 0 Å². The van der Waals surface area contributed by atoms with E-state index in [1.54, 1.807) is 0 Å². The van der Waals surface area contributed by atoms with E-state index in [2.05, 4.69) is 29.8 Å². The molecule has 1 unspecified atom stereocenters. The summed E-state index contributed by atoms with van der Waals surface area (Å²) in [4.78, 5) is 18.6. The molecule has 4 nitrogen and oxygen atoms in total. The van der Waals surface area contributed by atoms with Crippen molar-refractivity contribution in [3.8, 4) is 0 Å². The van der Waals surface area contributed by atoms with Crippen LogP contribution in [-0.4, -0.2) is 42.1 Å². The Hall–Kier alpha value is -1.81. The van der Waals surface area contributed by atoms with E-state index in [1.807, 2.05) is 12.1 Å². The van der Waals surface area contributed by atoms with Crippen molar-refractivity contribution < 1.29 is 9.53 Å². The highest BCUT2D eigenvalue weighted by molar-refractivity contribution is 6.06. The topological polar surface area (TPSA) is 45.3 Å². The number of carbonyl (C=O) groups is 1. The highest BCUT2D eigenvalue weighted by Gasteiger charge is 2.33. The number of aromatic nitrogens is 1.